The molecule has 1 aromatic carbocycles. The van der Waals surface area contributed by atoms with Crippen molar-refractivity contribution in [1.82, 2.24) is 4.98 Å². The van der Waals surface area contributed by atoms with Gasteiger partial charge in [-0.3, -0.25) is 4.98 Å². The van der Waals surface area contributed by atoms with Crippen molar-refractivity contribution in [2.24, 2.45) is 5.73 Å². The molecule has 0 fully saturated rings. The van der Waals surface area contributed by atoms with Crippen molar-refractivity contribution in [3.05, 3.63) is 59.4 Å². The Bertz CT molecular complexity index is 503. The Labute approximate surface area is 115 Å². The zero-order valence-electron chi connectivity index (χ0n) is 11.6. The fourth-order valence-corrected chi connectivity index (χ4v) is 2.01. The van der Waals surface area contributed by atoms with Crippen molar-refractivity contribution in [2.45, 2.75) is 26.9 Å². The molecule has 0 saturated carbocycles. The molecule has 1 aromatic heterocycles. The van der Waals surface area contributed by atoms with E-state index in [1.807, 2.05) is 12.3 Å². The summed E-state index contributed by atoms with van der Waals surface area (Å²) in [6.45, 7) is 6.60. The first-order chi connectivity index (χ1) is 9.22. The van der Waals surface area contributed by atoms with Crippen LogP contribution in [0.15, 0.2) is 42.6 Å². The van der Waals surface area contributed by atoms with Gasteiger partial charge in [0.2, 0.25) is 0 Å². The zero-order chi connectivity index (χ0) is 13.7. The molecule has 2 N–H and O–H groups in total. The van der Waals surface area contributed by atoms with Gasteiger partial charge in [0.1, 0.15) is 0 Å². The average molecular weight is 255 g/mol. The van der Waals surface area contributed by atoms with Crippen LogP contribution >= 0.6 is 0 Å². The third kappa shape index (κ3) is 3.55. The molecule has 0 amide bonds. The highest BCUT2D eigenvalue weighted by Gasteiger charge is 2.06. The molecule has 100 valence electrons. The van der Waals surface area contributed by atoms with Crippen molar-refractivity contribution >= 4 is 5.69 Å². The van der Waals surface area contributed by atoms with Gasteiger partial charge in [-0.25, -0.2) is 0 Å². The lowest BCUT2D eigenvalue weighted by molar-refractivity contribution is 0.807. The third-order valence-electron chi connectivity index (χ3n) is 3.26. The molecule has 1 heterocycles. The zero-order valence-corrected chi connectivity index (χ0v) is 11.6. The van der Waals surface area contributed by atoms with Crippen LogP contribution in [0.25, 0.3) is 0 Å². The summed E-state index contributed by atoms with van der Waals surface area (Å²) in [6, 6.07) is 12.7. The Kier molecular flexibility index (Phi) is 4.53. The normalized spacial score (nSPS) is 10.5. The van der Waals surface area contributed by atoms with E-state index in [2.05, 4.69) is 54.1 Å². The van der Waals surface area contributed by atoms with Gasteiger partial charge in [0.25, 0.3) is 0 Å². The van der Waals surface area contributed by atoms with Crippen LogP contribution in [0.2, 0.25) is 0 Å². The first-order valence-corrected chi connectivity index (χ1v) is 6.68. The van der Waals surface area contributed by atoms with Gasteiger partial charge in [0, 0.05) is 25.0 Å². The van der Waals surface area contributed by atoms with Gasteiger partial charge in [-0.1, -0.05) is 23.8 Å². The van der Waals surface area contributed by atoms with E-state index >= 15 is 0 Å². The third-order valence-corrected chi connectivity index (χ3v) is 3.26. The monoisotopic (exact) mass is 255 g/mol. The Hall–Kier alpha value is -1.87. The van der Waals surface area contributed by atoms with Gasteiger partial charge >= 0.3 is 0 Å². The fraction of sp³-hybridized carbons (Fsp3) is 0.312. The van der Waals surface area contributed by atoms with E-state index in [1.165, 1.54) is 11.3 Å². The maximum Gasteiger partial charge on any atom is 0.0601 e. The van der Waals surface area contributed by atoms with Crippen LogP contribution in [-0.4, -0.2) is 11.5 Å². The van der Waals surface area contributed by atoms with E-state index in [9.17, 15) is 0 Å². The minimum atomic E-state index is 0.544. The molecule has 0 unspecified atom stereocenters. The van der Waals surface area contributed by atoms with Crippen LogP contribution in [0.5, 0.6) is 0 Å². The molecular formula is C16H21N3. The predicted octanol–water partition coefficient (Wildman–Crippen LogP) is 2.88. The lowest BCUT2D eigenvalue weighted by atomic mass is 10.2. The maximum atomic E-state index is 5.58. The molecule has 19 heavy (non-hydrogen) atoms. The number of nitrogens with two attached hydrogens (primary N) is 1. The summed E-state index contributed by atoms with van der Waals surface area (Å²) in [5, 5.41) is 0. The largest absolute Gasteiger partial charge is 0.366 e. The van der Waals surface area contributed by atoms with Crippen LogP contribution in [0.1, 0.15) is 23.7 Å². The van der Waals surface area contributed by atoms with E-state index in [0.717, 1.165) is 24.3 Å². The van der Waals surface area contributed by atoms with E-state index in [0.29, 0.717) is 6.54 Å². The summed E-state index contributed by atoms with van der Waals surface area (Å²) >= 11 is 0. The van der Waals surface area contributed by atoms with Gasteiger partial charge in [-0.05, 0) is 37.6 Å². The number of pyridine rings is 1. The quantitative estimate of drug-likeness (QED) is 0.893. The molecule has 3 nitrogen and oxygen atoms in total. The van der Waals surface area contributed by atoms with Gasteiger partial charge in [-0.15, -0.1) is 0 Å². The Morgan fingerprint density at radius 1 is 1.11 bits per heavy atom. The van der Waals surface area contributed by atoms with Gasteiger partial charge in [0.05, 0.1) is 12.2 Å². The summed E-state index contributed by atoms with van der Waals surface area (Å²) in [7, 11) is 0. The molecule has 2 rings (SSSR count). The standard InChI is InChI=1S/C16H21N3/c1-3-19(16-8-4-13(2)5-9-16)12-15-7-6-14(10-17)11-18-15/h4-9,11H,3,10,12,17H2,1-2H3. The molecule has 0 atom stereocenters. The number of hydrogen-bond donors (Lipinski definition) is 1. The fourth-order valence-electron chi connectivity index (χ4n) is 2.01. The first kappa shape index (κ1) is 13.6. The number of nitrogens with zero attached hydrogens (tertiary/aromatic N) is 2. The molecule has 0 saturated heterocycles. The SMILES string of the molecule is CCN(Cc1ccc(CN)cn1)c1ccc(C)cc1. The lowest BCUT2D eigenvalue weighted by Gasteiger charge is -2.23. The van der Waals surface area contributed by atoms with Crippen LogP contribution < -0.4 is 10.6 Å². The number of aryl methyl sites for hydroxylation is 1. The van der Waals surface area contributed by atoms with E-state index in [-0.39, 0.29) is 0 Å². The molecule has 0 bridgehead atoms. The number of benzene rings is 1. The van der Waals surface area contributed by atoms with Crippen LogP contribution in [-0.2, 0) is 13.1 Å². The summed E-state index contributed by atoms with van der Waals surface area (Å²) in [6.07, 6.45) is 1.86. The molecule has 0 radical (unpaired) electrons. The van der Waals surface area contributed by atoms with Crippen molar-refractivity contribution < 1.29 is 0 Å². The molecule has 0 aliphatic carbocycles. The second kappa shape index (κ2) is 6.34. The van der Waals surface area contributed by atoms with E-state index in [4.69, 9.17) is 5.73 Å². The van der Waals surface area contributed by atoms with Crippen molar-refractivity contribution in [2.75, 3.05) is 11.4 Å². The Morgan fingerprint density at radius 2 is 1.84 bits per heavy atom. The molecule has 3 heteroatoms. The van der Waals surface area contributed by atoms with Crippen LogP contribution in [0.4, 0.5) is 5.69 Å². The summed E-state index contributed by atoms with van der Waals surface area (Å²) in [4.78, 5) is 6.77. The van der Waals surface area contributed by atoms with Crippen molar-refractivity contribution in [1.29, 1.82) is 0 Å². The molecule has 0 spiro atoms. The number of aromatic nitrogens is 1. The van der Waals surface area contributed by atoms with Crippen LogP contribution in [0.3, 0.4) is 0 Å². The smallest absolute Gasteiger partial charge is 0.0601 e. The Balaban J connectivity index is 2.11. The van der Waals surface area contributed by atoms with E-state index in [1.54, 1.807) is 0 Å². The summed E-state index contributed by atoms with van der Waals surface area (Å²) in [5.41, 5.74) is 10.2. The average Bonchev–Trinajstić information content (AvgIpc) is 2.46. The minimum absolute atomic E-state index is 0.544. The second-order valence-electron chi connectivity index (χ2n) is 4.71. The maximum absolute atomic E-state index is 5.58. The van der Waals surface area contributed by atoms with Gasteiger partial charge in [-0.2, -0.15) is 0 Å². The topological polar surface area (TPSA) is 42.1 Å². The first-order valence-electron chi connectivity index (χ1n) is 6.68. The summed E-state index contributed by atoms with van der Waals surface area (Å²) < 4.78 is 0. The molecule has 2 aromatic rings. The molecule has 0 aliphatic heterocycles. The highest BCUT2D eigenvalue weighted by atomic mass is 15.1. The highest BCUT2D eigenvalue weighted by molar-refractivity contribution is 5.47. The number of hydrogen-bond acceptors (Lipinski definition) is 3. The Morgan fingerprint density at radius 3 is 2.37 bits per heavy atom. The number of rotatable bonds is 5. The number of anilines is 1. The summed E-state index contributed by atoms with van der Waals surface area (Å²) in [5.74, 6) is 0. The molecule has 0 aliphatic rings. The van der Waals surface area contributed by atoms with E-state index < -0.39 is 0 Å². The van der Waals surface area contributed by atoms with Gasteiger partial charge in [0.15, 0.2) is 0 Å². The minimum Gasteiger partial charge on any atom is -0.366 e. The highest BCUT2D eigenvalue weighted by Crippen LogP contribution is 2.17. The second-order valence-corrected chi connectivity index (χ2v) is 4.71. The van der Waals surface area contributed by atoms with Gasteiger partial charge < -0.3 is 10.6 Å². The lowest BCUT2D eigenvalue weighted by Crippen LogP contribution is -2.22. The molecular weight excluding hydrogens is 234 g/mol. The van der Waals surface area contributed by atoms with Crippen molar-refractivity contribution in [3.8, 4) is 0 Å². The van der Waals surface area contributed by atoms with Crippen molar-refractivity contribution in [3.63, 3.8) is 0 Å². The predicted molar refractivity (Wildman–Crippen MR) is 80.0 cm³/mol. The van der Waals surface area contributed by atoms with Crippen LogP contribution in [0, 0.1) is 6.92 Å².